The fraction of sp³-hybridized carbons (Fsp3) is 0.200. The Morgan fingerprint density at radius 1 is 1.13 bits per heavy atom. The first-order chi connectivity index (χ1) is 10.8. The average molecular weight is 335 g/mol. The van der Waals surface area contributed by atoms with E-state index in [4.69, 9.17) is 0 Å². The summed E-state index contributed by atoms with van der Waals surface area (Å²) in [5, 5.41) is 13.8. The number of nitro groups is 1. The highest BCUT2D eigenvalue weighted by Crippen LogP contribution is 2.19. The van der Waals surface area contributed by atoms with Crippen LogP contribution in [0.3, 0.4) is 0 Å². The first-order valence-electron chi connectivity index (χ1n) is 6.80. The molecule has 0 bridgehead atoms. The highest BCUT2D eigenvalue weighted by atomic mass is 32.2. The van der Waals surface area contributed by atoms with E-state index in [0.717, 1.165) is 9.87 Å². The molecule has 7 nitrogen and oxygen atoms in total. The second kappa shape index (κ2) is 6.76. The largest absolute Gasteiger partial charge is 0.381 e. The molecular weight excluding hydrogens is 318 g/mol. The van der Waals surface area contributed by atoms with Gasteiger partial charge in [0.2, 0.25) is 10.0 Å². The van der Waals surface area contributed by atoms with E-state index < -0.39 is 14.9 Å². The minimum atomic E-state index is -3.48. The summed E-state index contributed by atoms with van der Waals surface area (Å²) in [6, 6.07) is 12.7. The number of sulfonamides is 1. The molecule has 23 heavy (non-hydrogen) atoms. The van der Waals surface area contributed by atoms with Crippen molar-refractivity contribution in [2.75, 3.05) is 19.4 Å². The summed E-state index contributed by atoms with van der Waals surface area (Å²) < 4.78 is 25.4. The van der Waals surface area contributed by atoms with Gasteiger partial charge in [0.05, 0.1) is 9.82 Å². The predicted molar refractivity (Wildman–Crippen MR) is 87.7 cm³/mol. The molecule has 2 aromatic rings. The maximum atomic E-state index is 12.1. The van der Waals surface area contributed by atoms with Crippen LogP contribution in [0.2, 0.25) is 0 Å². The molecule has 0 fully saturated rings. The third kappa shape index (κ3) is 4.05. The van der Waals surface area contributed by atoms with Crippen LogP contribution >= 0.6 is 0 Å². The molecule has 0 spiro atoms. The number of hydrogen-bond acceptors (Lipinski definition) is 5. The van der Waals surface area contributed by atoms with Gasteiger partial charge in [0.25, 0.3) is 5.69 Å². The number of nitrogens with zero attached hydrogens (tertiary/aromatic N) is 2. The minimum Gasteiger partial charge on any atom is -0.381 e. The van der Waals surface area contributed by atoms with Crippen LogP contribution in [0.5, 0.6) is 0 Å². The summed E-state index contributed by atoms with van der Waals surface area (Å²) in [5.41, 5.74) is 1.36. The molecular formula is C15H17N3O4S. The Balaban J connectivity index is 2.16. The maximum absolute atomic E-state index is 12.1. The molecule has 0 aliphatic heterocycles. The molecule has 0 saturated heterocycles. The van der Waals surface area contributed by atoms with Crippen molar-refractivity contribution in [2.45, 2.75) is 11.4 Å². The monoisotopic (exact) mass is 335 g/mol. The zero-order valence-electron chi connectivity index (χ0n) is 12.8. The molecule has 0 saturated carbocycles. The Labute approximate surface area is 134 Å². The summed E-state index contributed by atoms with van der Waals surface area (Å²) in [6.07, 6.45) is 0. The van der Waals surface area contributed by atoms with Gasteiger partial charge in [-0.25, -0.2) is 12.7 Å². The van der Waals surface area contributed by atoms with Gasteiger partial charge in [-0.2, -0.15) is 0 Å². The number of rotatable bonds is 6. The van der Waals surface area contributed by atoms with E-state index in [2.05, 4.69) is 5.32 Å². The number of nitro benzene ring substituents is 1. The van der Waals surface area contributed by atoms with E-state index in [-0.39, 0.29) is 10.6 Å². The highest BCUT2D eigenvalue weighted by Gasteiger charge is 2.17. The molecule has 2 aromatic carbocycles. The lowest BCUT2D eigenvalue weighted by Gasteiger charge is -2.13. The molecule has 0 aliphatic carbocycles. The normalized spacial score (nSPS) is 11.4. The summed E-state index contributed by atoms with van der Waals surface area (Å²) in [7, 11) is -0.533. The van der Waals surface area contributed by atoms with Crippen molar-refractivity contribution in [3.63, 3.8) is 0 Å². The van der Waals surface area contributed by atoms with Gasteiger partial charge in [0.15, 0.2) is 0 Å². The third-order valence-electron chi connectivity index (χ3n) is 3.23. The topological polar surface area (TPSA) is 92.6 Å². The van der Waals surface area contributed by atoms with Crippen molar-refractivity contribution in [1.29, 1.82) is 0 Å². The Bertz CT molecular complexity index is 819. The van der Waals surface area contributed by atoms with Crippen LogP contribution < -0.4 is 5.32 Å². The second-order valence-electron chi connectivity index (χ2n) is 5.10. The lowest BCUT2D eigenvalue weighted by Crippen LogP contribution is -2.22. The van der Waals surface area contributed by atoms with Crippen molar-refractivity contribution in [1.82, 2.24) is 4.31 Å². The summed E-state index contributed by atoms with van der Waals surface area (Å²) in [4.78, 5) is 10.5. The fourth-order valence-electron chi connectivity index (χ4n) is 1.96. The molecule has 0 aliphatic rings. The van der Waals surface area contributed by atoms with Gasteiger partial charge < -0.3 is 5.32 Å². The van der Waals surface area contributed by atoms with E-state index >= 15 is 0 Å². The lowest BCUT2D eigenvalue weighted by atomic mass is 10.2. The van der Waals surface area contributed by atoms with Gasteiger partial charge in [-0.1, -0.05) is 18.2 Å². The first kappa shape index (κ1) is 16.9. The zero-order valence-corrected chi connectivity index (χ0v) is 13.6. The fourth-order valence-corrected chi connectivity index (χ4v) is 2.93. The smallest absolute Gasteiger partial charge is 0.271 e. The standard InChI is InChI=1S/C15H17N3O4S/c1-17(2)23(21,22)15-8-3-5-12(9-15)11-16-13-6-4-7-14(10-13)18(19)20/h3-10,16H,11H2,1-2H3. The van der Waals surface area contributed by atoms with Crippen LogP contribution in [-0.4, -0.2) is 31.7 Å². The first-order valence-corrected chi connectivity index (χ1v) is 8.24. The lowest BCUT2D eigenvalue weighted by molar-refractivity contribution is -0.384. The number of anilines is 1. The Morgan fingerprint density at radius 3 is 2.48 bits per heavy atom. The van der Waals surface area contributed by atoms with E-state index in [1.165, 1.54) is 32.3 Å². The molecule has 0 atom stereocenters. The molecule has 0 heterocycles. The van der Waals surface area contributed by atoms with Crippen molar-refractivity contribution >= 4 is 21.4 Å². The van der Waals surface area contributed by atoms with Gasteiger partial charge in [-0.15, -0.1) is 0 Å². The number of benzene rings is 2. The van der Waals surface area contributed by atoms with Gasteiger partial charge in [-0.05, 0) is 23.8 Å². The van der Waals surface area contributed by atoms with E-state index in [1.807, 2.05) is 0 Å². The molecule has 1 N–H and O–H groups in total. The maximum Gasteiger partial charge on any atom is 0.271 e. The van der Waals surface area contributed by atoms with Crippen molar-refractivity contribution < 1.29 is 13.3 Å². The molecule has 0 radical (unpaired) electrons. The second-order valence-corrected chi connectivity index (χ2v) is 7.25. The predicted octanol–water partition coefficient (Wildman–Crippen LogP) is 2.46. The van der Waals surface area contributed by atoms with Crippen LogP contribution in [0.25, 0.3) is 0 Å². The number of hydrogen-bond donors (Lipinski definition) is 1. The van der Waals surface area contributed by atoms with Gasteiger partial charge >= 0.3 is 0 Å². The quantitative estimate of drug-likeness (QED) is 0.646. The van der Waals surface area contributed by atoms with Crippen LogP contribution in [0, 0.1) is 10.1 Å². The van der Waals surface area contributed by atoms with Gasteiger partial charge in [-0.3, -0.25) is 10.1 Å². The minimum absolute atomic E-state index is 0.000985. The highest BCUT2D eigenvalue weighted by molar-refractivity contribution is 7.89. The Kier molecular flexibility index (Phi) is 4.97. The van der Waals surface area contributed by atoms with Crippen molar-refractivity contribution in [3.05, 3.63) is 64.2 Å². The molecule has 0 unspecified atom stereocenters. The third-order valence-corrected chi connectivity index (χ3v) is 5.04. The molecule has 122 valence electrons. The molecule has 0 aromatic heterocycles. The average Bonchev–Trinajstić information content (AvgIpc) is 2.53. The van der Waals surface area contributed by atoms with Crippen molar-refractivity contribution in [3.8, 4) is 0 Å². The van der Waals surface area contributed by atoms with E-state index in [0.29, 0.717) is 12.2 Å². The van der Waals surface area contributed by atoms with E-state index in [9.17, 15) is 18.5 Å². The van der Waals surface area contributed by atoms with Gasteiger partial charge in [0, 0.05) is 38.5 Å². The van der Waals surface area contributed by atoms with Gasteiger partial charge in [0.1, 0.15) is 0 Å². The van der Waals surface area contributed by atoms with Crippen LogP contribution in [0.4, 0.5) is 11.4 Å². The summed E-state index contributed by atoms with van der Waals surface area (Å²) in [6.45, 7) is 0.359. The molecule has 2 rings (SSSR count). The van der Waals surface area contributed by atoms with Crippen molar-refractivity contribution in [2.24, 2.45) is 0 Å². The SMILES string of the molecule is CN(C)S(=O)(=O)c1cccc(CNc2cccc([N+](=O)[O-])c2)c1. The van der Waals surface area contributed by atoms with Crippen LogP contribution in [-0.2, 0) is 16.6 Å². The number of non-ortho nitro benzene ring substituents is 1. The Morgan fingerprint density at radius 2 is 1.83 bits per heavy atom. The molecule has 8 heteroatoms. The van der Waals surface area contributed by atoms with Crippen LogP contribution in [0.1, 0.15) is 5.56 Å². The van der Waals surface area contributed by atoms with Crippen LogP contribution in [0.15, 0.2) is 53.4 Å². The summed E-state index contributed by atoms with van der Waals surface area (Å²) in [5.74, 6) is 0. The van der Waals surface area contributed by atoms with E-state index in [1.54, 1.807) is 30.3 Å². The molecule has 0 amide bonds. The Hall–Kier alpha value is -2.45. The number of nitrogens with one attached hydrogen (secondary N) is 1. The zero-order chi connectivity index (χ0) is 17.0. The summed E-state index contributed by atoms with van der Waals surface area (Å²) >= 11 is 0.